The maximum absolute atomic E-state index is 9.90. The van der Waals surface area contributed by atoms with E-state index >= 15 is 0 Å². The van der Waals surface area contributed by atoms with Gasteiger partial charge in [0.1, 0.15) is 0 Å². The highest BCUT2D eigenvalue weighted by Crippen LogP contribution is 2.44. The van der Waals surface area contributed by atoms with Crippen LogP contribution in [-0.4, -0.2) is 15.1 Å². The summed E-state index contributed by atoms with van der Waals surface area (Å²) in [4.78, 5) is 9.60. The molecule has 0 aliphatic carbocycles. The molecule has 0 saturated carbocycles. The van der Waals surface area contributed by atoms with Crippen LogP contribution in [0.15, 0.2) is 122 Å². The van der Waals surface area contributed by atoms with Crippen LogP contribution in [0.4, 0.5) is 0 Å². The van der Waals surface area contributed by atoms with Gasteiger partial charge in [0, 0.05) is 23.5 Å². The predicted molar refractivity (Wildman–Crippen MR) is 162 cm³/mol. The van der Waals surface area contributed by atoms with Crippen molar-refractivity contribution in [2.45, 2.75) is 13.5 Å². The second-order valence-electron chi connectivity index (χ2n) is 10.0. The first-order valence-electron chi connectivity index (χ1n) is 13.2. The van der Waals surface area contributed by atoms with Gasteiger partial charge in [0.25, 0.3) is 0 Å². The Labute approximate surface area is 227 Å². The number of fused-ring (bicyclic) bond motifs is 3. The van der Waals surface area contributed by atoms with Gasteiger partial charge in [0.15, 0.2) is 0 Å². The lowest BCUT2D eigenvalue weighted by atomic mass is 9.86. The van der Waals surface area contributed by atoms with E-state index in [4.69, 9.17) is 9.97 Å². The maximum atomic E-state index is 9.90. The summed E-state index contributed by atoms with van der Waals surface area (Å²) < 4.78 is 0. The molecule has 0 fully saturated rings. The van der Waals surface area contributed by atoms with Crippen LogP contribution in [-0.2, 0) is 6.61 Å². The van der Waals surface area contributed by atoms with Gasteiger partial charge in [0.05, 0.1) is 18.0 Å². The molecule has 0 saturated heterocycles. The van der Waals surface area contributed by atoms with Gasteiger partial charge in [-0.1, -0.05) is 72.8 Å². The summed E-state index contributed by atoms with van der Waals surface area (Å²) in [5.74, 6) is 0. The van der Waals surface area contributed by atoms with Crippen LogP contribution in [0.25, 0.3) is 66.0 Å². The summed E-state index contributed by atoms with van der Waals surface area (Å²) in [5.41, 5.74) is 8.32. The fourth-order valence-corrected chi connectivity index (χ4v) is 5.66. The van der Waals surface area contributed by atoms with E-state index < -0.39 is 0 Å². The fraction of sp³-hybridized carbons (Fsp3) is 0.0556. The van der Waals surface area contributed by atoms with E-state index in [2.05, 4.69) is 97.9 Å². The molecule has 0 atom stereocenters. The van der Waals surface area contributed by atoms with E-state index in [0.29, 0.717) is 0 Å². The third kappa shape index (κ3) is 4.04. The van der Waals surface area contributed by atoms with Gasteiger partial charge in [-0.25, -0.2) is 0 Å². The van der Waals surface area contributed by atoms with Gasteiger partial charge >= 0.3 is 0 Å². The van der Waals surface area contributed by atoms with Crippen LogP contribution in [0.5, 0.6) is 0 Å². The first-order valence-corrected chi connectivity index (χ1v) is 13.2. The molecule has 1 N–H and O–H groups in total. The summed E-state index contributed by atoms with van der Waals surface area (Å²) in [6.07, 6.45) is 3.67. The number of rotatable bonds is 4. The Balaban J connectivity index is 1.60. The van der Waals surface area contributed by atoms with E-state index in [0.717, 1.165) is 55.2 Å². The van der Waals surface area contributed by atoms with E-state index in [1.165, 1.54) is 21.9 Å². The van der Waals surface area contributed by atoms with Crippen molar-refractivity contribution in [3.8, 4) is 33.6 Å². The molecule has 7 rings (SSSR count). The first kappa shape index (κ1) is 23.3. The smallest absolute Gasteiger partial charge is 0.0718 e. The van der Waals surface area contributed by atoms with E-state index in [1.54, 1.807) is 6.20 Å². The standard InChI is InChI=1S/C36H26N2O/c1-23-14-16-37-33(18-23)35-29-8-4-5-9-30(29)36(34-19-24(22-39)15-17-38-34)32-21-28(12-13-31(32)35)27-11-10-25-6-2-3-7-26(25)20-27/h2-21,39H,22H2,1H3. The Kier molecular flexibility index (Phi) is 5.65. The van der Waals surface area contributed by atoms with Gasteiger partial charge in [0.2, 0.25) is 0 Å². The van der Waals surface area contributed by atoms with E-state index in [9.17, 15) is 5.11 Å². The molecule has 5 aromatic carbocycles. The Morgan fingerprint density at radius 2 is 1.15 bits per heavy atom. The van der Waals surface area contributed by atoms with Gasteiger partial charge in [-0.05, 0) is 97.9 Å². The van der Waals surface area contributed by atoms with Crippen molar-refractivity contribution in [2.75, 3.05) is 0 Å². The average molecular weight is 503 g/mol. The van der Waals surface area contributed by atoms with Gasteiger partial charge in [-0.3, -0.25) is 9.97 Å². The van der Waals surface area contributed by atoms with Crippen molar-refractivity contribution in [1.29, 1.82) is 0 Å². The highest BCUT2D eigenvalue weighted by molar-refractivity contribution is 6.21. The Morgan fingerprint density at radius 1 is 0.538 bits per heavy atom. The van der Waals surface area contributed by atoms with Crippen LogP contribution in [0, 0.1) is 6.92 Å². The molecule has 0 bridgehead atoms. The highest BCUT2D eigenvalue weighted by atomic mass is 16.3. The van der Waals surface area contributed by atoms with Crippen molar-refractivity contribution in [3.05, 3.63) is 133 Å². The molecule has 3 nitrogen and oxygen atoms in total. The van der Waals surface area contributed by atoms with Crippen molar-refractivity contribution >= 4 is 32.3 Å². The number of nitrogens with zero attached hydrogens (tertiary/aromatic N) is 2. The van der Waals surface area contributed by atoms with E-state index in [1.807, 2.05) is 24.4 Å². The summed E-state index contributed by atoms with van der Waals surface area (Å²) in [5, 5.41) is 16.8. The average Bonchev–Trinajstić information content (AvgIpc) is 2.99. The summed E-state index contributed by atoms with van der Waals surface area (Å²) in [6, 6.07) is 38.3. The van der Waals surface area contributed by atoms with Gasteiger partial charge < -0.3 is 5.11 Å². The number of aliphatic hydroxyl groups is 1. The van der Waals surface area contributed by atoms with Crippen LogP contribution in [0.3, 0.4) is 0 Å². The molecule has 39 heavy (non-hydrogen) atoms. The molecule has 0 aliphatic rings. The minimum atomic E-state index is -0.0287. The molecule has 2 aromatic heterocycles. The predicted octanol–water partition coefficient (Wildman–Crippen LogP) is 8.74. The number of aromatic nitrogens is 2. The van der Waals surface area contributed by atoms with Crippen LogP contribution in [0.2, 0.25) is 0 Å². The van der Waals surface area contributed by atoms with Gasteiger partial charge in [-0.2, -0.15) is 0 Å². The highest BCUT2D eigenvalue weighted by Gasteiger charge is 2.19. The number of aliphatic hydroxyl groups excluding tert-OH is 1. The maximum Gasteiger partial charge on any atom is 0.0718 e. The third-order valence-electron chi connectivity index (χ3n) is 7.54. The molecule has 2 heterocycles. The SMILES string of the molecule is Cc1ccnc(-c2c3ccccc3c(-c3cc(CO)ccn3)c3cc(-c4ccc5ccccc5c4)ccc23)c1. The monoisotopic (exact) mass is 502 g/mol. The summed E-state index contributed by atoms with van der Waals surface area (Å²) >= 11 is 0. The van der Waals surface area contributed by atoms with Crippen LogP contribution >= 0.6 is 0 Å². The zero-order chi connectivity index (χ0) is 26.3. The Hall–Kier alpha value is -4.86. The van der Waals surface area contributed by atoms with Crippen molar-refractivity contribution in [1.82, 2.24) is 9.97 Å². The lowest BCUT2D eigenvalue weighted by Gasteiger charge is -2.18. The molecular weight excluding hydrogens is 476 g/mol. The quantitative estimate of drug-likeness (QED) is 0.245. The lowest BCUT2D eigenvalue weighted by molar-refractivity contribution is 0.282. The Morgan fingerprint density at radius 3 is 1.92 bits per heavy atom. The molecule has 0 unspecified atom stereocenters. The third-order valence-corrected chi connectivity index (χ3v) is 7.54. The fourth-order valence-electron chi connectivity index (χ4n) is 5.66. The molecule has 7 aromatic rings. The second kappa shape index (κ2) is 9.46. The number of hydrogen-bond acceptors (Lipinski definition) is 3. The molecule has 0 amide bonds. The minimum Gasteiger partial charge on any atom is -0.392 e. The normalized spacial score (nSPS) is 11.4. The molecular formula is C36H26N2O. The molecule has 3 heteroatoms. The summed E-state index contributed by atoms with van der Waals surface area (Å²) in [7, 11) is 0. The second-order valence-corrected chi connectivity index (χ2v) is 10.0. The zero-order valence-electron chi connectivity index (χ0n) is 21.6. The molecule has 0 aliphatic heterocycles. The molecule has 0 radical (unpaired) electrons. The van der Waals surface area contributed by atoms with Crippen LogP contribution < -0.4 is 0 Å². The molecule has 0 spiro atoms. The van der Waals surface area contributed by atoms with Crippen molar-refractivity contribution in [2.24, 2.45) is 0 Å². The van der Waals surface area contributed by atoms with Crippen molar-refractivity contribution in [3.63, 3.8) is 0 Å². The first-order chi connectivity index (χ1) is 19.2. The van der Waals surface area contributed by atoms with Crippen LogP contribution in [0.1, 0.15) is 11.1 Å². The van der Waals surface area contributed by atoms with E-state index in [-0.39, 0.29) is 6.61 Å². The minimum absolute atomic E-state index is 0.0287. The number of hydrogen-bond donors (Lipinski definition) is 1. The topological polar surface area (TPSA) is 46.0 Å². The Bertz CT molecular complexity index is 2030. The lowest BCUT2D eigenvalue weighted by Crippen LogP contribution is -1.95. The number of benzene rings is 5. The largest absolute Gasteiger partial charge is 0.392 e. The summed E-state index contributed by atoms with van der Waals surface area (Å²) in [6.45, 7) is 2.07. The number of pyridine rings is 2. The van der Waals surface area contributed by atoms with Gasteiger partial charge in [-0.15, -0.1) is 0 Å². The number of aryl methyl sites for hydroxylation is 1. The zero-order valence-corrected chi connectivity index (χ0v) is 21.6. The molecule has 186 valence electrons. The van der Waals surface area contributed by atoms with Crippen molar-refractivity contribution < 1.29 is 5.11 Å².